The van der Waals surface area contributed by atoms with Gasteiger partial charge >= 0.3 is 5.97 Å². The number of hydrogen-bond donors (Lipinski definition) is 2. The van der Waals surface area contributed by atoms with Crippen molar-refractivity contribution in [3.05, 3.63) is 18.1 Å². The second-order valence-corrected chi connectivity index (χ2v) is 4.71. The maximum Gasteiger partial charge on any atom is 0.356 e. The van der Waals surface area contributed by atoms with Crippen molar-refractivity contribution in [3.63, 3.8) is 0 Å². The number of hydrogen-bond acceptors (Lipinski definition) is 5. The molecule has 0 spiro atoms. The molecule has 18 heavy (non-hydrogen) atoms. The second kappa shape index (κ2) is 5.30. The molecule has 6 heteroatoms. The average molecular weight is 251 g/mol. The van der Waals surface area contributed by atoms with Gasteiger partial charge in [-0.3, -0.25) is 0 Å². The Bertz CT molecular complexity index is 413. The molecule has 0 atom stereocenters. The summed E-state index contributed by atoms with van der Waals surface area (Å²) in [5.74, 6) is -0.462. The highest BCUT2D eigenvalue weighted by molar-refractivity contribution is 5.84. The number of anilines is 1. The van der Waals surface area contributed by atoms with E-state index in [2.05, 4.69) is 15.3 Å². The Labute approximate surface area is 105 Å². The number of aromatic nitrogens is 2. The molecule has 1 fully saturated rings. The van der Waals surface area contributed by atoms with Crippen LogP contribution in [0.5, 0.6) is 0 Å². The van der Waals surface area contributed by atoms with Crippen molar-refractivity contribution < 1.29 is 14.6 Å². The Morgan fingerprint density at radius 1 is 1.44 bits per heavy atom. The van der Waals surface area contributed by atoms with E-state index in [0.29, 0.717) is 18.0 Å². The van der Waals surface area contributed by atoms with Gasteiger partial charge < -0.3 is 15.2 Å². The van der Waals surface area contributed by atoms with Crippen LogP contribution in [0, 0.1) is 0 Å². The van der Waals surface area contributed by atoms with Crippen LogP contribution in [0.15, 0.2) is 12.4 Å². The summed E-state index contributed by atoms with van der Waals surface area (Å²) < 4.78 is 5.65. The molecule has 0 aromatic carbocycles. The Morgan fingerprint density at radius 3 is 2.67 bits per heavy atom. The van der Waals surface area contributed by atoms with Crippen LogP contribution in [0.1, 0.15) is 37.2 Å². The standard InChI is InChI=1S/C12H17N3O3/c1-7(2)18-9-3-8(4-9)15-11-6-13-10(5-14-11)12(16)17/h5-9H,3-4H2,1-2H3,(H,14,15)(H,16,17). The lowest BCUT2D eigenvalue weighted by Gasteiger charge is -2.36. The van der Waals surface area contributed by atoms with Gasteiger partial charge in [0.15, 0.2) is 5.69 Å². The normalized spacial score (nSPS) is 22.6. The average Bonchev–Trinajstić information content (AvgIpc) is 2.26. The first-order valence-electron chi connectivity index (χ1n) is 6.02. The molecule has 0 unspecified atom stereocenters. The van der Waals surface area contributed by atoms with Gasteiger partial charge in [-0.15, -0.1) is 0 Å². The lowest BCUT2D eigenvalue weighted by Crippen LogP contribution is -2.42. The summed E-state index contributed by atoms with van der Waals surface area (Å²) in [6.45, 7) is 4.05. The van der Waals surface area contributed by atoms with Crippen molar-refractivity contribution in [3.8, 4) is 0 Å². The van der Waals surface area contributed by atoms with Gasteiger partial charge in [-0.2, -0.15) is 0 Å². The minimum Gasteiger partial charge on any atom is -0.476 e. The first-order valence-corrected chi connectivity index (χ1v) is 6.02. The Balaban J connectivity index is 1.80. The molecule has 0 radical (unpaired) electrons. The van der Waals surface area contributed by atoms with Gasteiger partial charge in [0.05, 0.1) is 24.6 Å². The highest BCUT2D eigenvalue weighted by Crippen LogP contribution is 2.26. The minimum atomic E-state index is -1.07. The number of ether oxygens (including phenoxy) is 1. The molecule has 1 saturated carbocycles. The molecule has 98 valence electrons. The fourth-order valence-electron chi connectivity index (χ4n) is 1.90. The van der Waals surface area contributed by atoms with Gasteiger partial charge in [0.2, 0.25) is 0 Å². The number of carboxylic acids is 1. The fourth-order valence-corrected chi connectivity index (χ4v) is 1.90. The first-order chi connectivity index (χ1) is 8.54. The van der Waals surface area contributed by atoms with Gasteiger partial charge in [-0.05, 0) is 26.7 Å². The molecular weight excluding hydrogens is 234 g/mol. The third-order valence-electron chi connectivity index (χ3n) is 2.78. The van der Waals surface area contributed by atoms with Crippen LogP contribution in [0.3, 0.4) is 0 Å². The van der Waals surface area contributed by atoms with Gasteiger partial charge in [0.1, 0.15) is 5.82 Å². The summed E-state index contributed by atoms with van der Waals surface area (Å²) in [6, 6.07) is 0.332. The van der Waals surface area contributed by atoms with E-state index in [0.717, 1.165) is 12.8 Å². The molecular formula is C12H17N3O3. The van der Waals surface area contributed by atoms with Gasteiger partial charge in [-0.25, -0.2) is 14.8 Å². The molecule has 0 amide bonds. The van der Waals surface area contributed by atoms with Crippen molar-refractivity contribution in [1.82, 2.24) is 9.97 Å². The number of carbonyl (C=O) groups is 1. The number of carboxylic acid groups (broad SMARTS) is 1. The maximum absolute atomic E-state index is 10.6. The lowest BCUT2D eigenvalue weighted by molar-refractivity contribution is -0.0400. The van der Waals surface area contributed by atoms with Crippen LogP contribution in [0.2, 0.25) is 0 Å². The summed E-state index contributed by atoms with van der Waals surface area (Å²) in [6.07, 6.45) is 5.16. The van der Waals surface area contributed by atoms with E-state index in [1.807, 2.05) is 13.8 Å². The minimum absolute atomic E-state index is 0.0461. The highest BCUT2D eigenvalue weighted by Gasteiger charge is 2.30. The molecule has 0 saturated heterocycles. The van der Waals surface area contributed by atoms with Crippen molar-refractivity contribution in [2.75, 3.05) is 5.32 Å². The zero-order chi connectivity index (χ0) is 13.1. The zero-order valence-electron chi connectivity index (χ0n) is 10.5. The lowest BCUT2D eigenvalue weighted by atomic mass is 9.89. The van der Waals surface area contributed by atoms with Gasteiger partial charge in [0.25, 0.3) is 0 Å². The predicted octanol–water partition coefficient (Wildman–Crippen LogP) is 1.54. The molecule has 0 aliphatic heterocycles. The van der Waals surface area contributed by atoms with Gasteiger partial charge in [-0.1, -0.05) is 0 Å². The van der Waals surface area contributed by atoms with E-state index < -0.39 is 5.97 Å². The summed E-state index contributed by atoms with van der Waals surface area (Å²) in [4.78, 5) is 18.4. The topological polar surface area (TPSA) is 84.3 Å². The summed E-state index contributed by atoms with van der Waals surface area (Å²) in [5, 5.41) is 11.9. The second-order valence-electron chi connectivity index (χ2n) is 4.71. The van der Waals surface area contributed by atoms with E-state index in [9.17, 15) is 4.79 Å². The van der Waals surface area contributed by atoms with E-state index in [1.54, 1.807) is 0 Å². The molecule has 1 aromatic heterocycles. The molecule has 1 heterocycles. The molecule has 1 aliphatic rings. The molecule has 0 bridgehead atoms. The number of nitrogens with one attached hydrogen (secondary N) is 1. The van der Waals surface area contributed by atoms with Crippen LogP contribution < -0.4 is 5.32 Å². The Kier molecular flexibility index (Phi) is 3.76. The zero-order valence-corrected chi connectivity index (χ0v) is 10.5. The maximum atomic E-state index is 10.6. The highest BCUT2D eigenvalue weighted by atomic mass is 16.5. The predicted molar refractivity (Wildman–Crippen MR) is 65.6 cm³/mol. The Morgan fingerprint density at radius 2 is 2.17 bits per heavy atom. The third kappa shape index (κ3) is 3.16. The first kappa shape index (κ1) is 12.8. The van der Waals surface area contributed by atoms with Crippen molar-refractivity contribution in [1.29, 1.82) is 0 Å². The van der Waals surface area contributed by atoms with E-state index >= 15 is 0 Å². The van der Waals surface area contributed by atoms with Crippen molar-refractivity contribution in [2.24, 2.45) is 0 Å². The summed E-state index contributed by atoms with van der Waals surface area (Å²) in [7, 11) is 0. The van der Waals surface area contributed by atoms with Crippen LogP contribution in [0.25, 0.3) is 0 Å². The monoisotopic (exact) mass is 251 g/mol. The smallest absolute Gasteiger partial charge is 0.356 e. The third-order valence-corrected chi connectivity index (χ3v) is 2.78. The molecule has 6 nitrogen and oxygen atoms in total. The van der Waals surface area contributed by atoms with Gasteiger partial charge in [0, 0.05) is 6.04 Å². The van der Waals surface area contributed by atoms with Crippen LogP contribution in [0.4, 0.5) is 5.82 Å². The summed E-state index contributed by atoms with van der Waals surface area (Å²) >= 11 is 0. The van der Waals surface area contributed by atoms with E-state index in [4.69, 9.17) is 9.84 Å². The number of rotatable bonds is 5. The van der Waals surface area contributed by atoms with E-state index in [-0.39, 0.29) is 11.8 Å². The van der Waals surface area contributed by atoms with Crippen molar-refractivity contribution in [2.45, 2.75) is 44.9 Å². The summed E-state index contributed by atoms with van der Waals surface area (Å²) in [5.41, 5.74) is -0.0461. The molecule has 1 aromatic rings. The number of aromatic carboxylic acids is 1. The van der Waals surface area contributed by atoms with Crippen LogP contribution in [-0.4, -0.2) is 39.3 Å². The SMILES string of the molecule is CC(C)OC1CC(Nc2cnc(C(=O)O)cn2)C1. The molecule has 2 rings (SSSR count). The van der Waals surface area contributed by atoms with E-state index in [1.165, 1.54) is 12.4 Å². The van der Waals surface area contributed by atoms with Crippen LogP contribution >= 0.6 is 0 Å². The molecule has 1 aliphatic carbocycles. The largest absolute Gasteiger partial charge is 0.476 e. The quantitative estimate of drug-likeness (QED) is 0.825. The Hall–Kier alpha value is -1.69. The van der Waals surface area contributed by atoms with Crippen LogP contribution in [-0.2, 0) is 4.74 Å². The molecule has 2 N–H and O–H groups in total. The fraction of sp³-hybridized carbons (Fsp3) is 0.583. The van der Waals surface area contributed by atoms with Crippen molar-refractivity contribution >= 4 is 11.8 Å². The number of nitrogens with zero attached hydrogens (tertiary/aromatic N) is 2.